The van der Waals surface area contributed by atoms with Crippen molar-refractivity contribution >= 4 is 23.5 Å². The van der Waals surface area contributed by atoms with Gasteiger partial charge in [0, 0.05) is 16.9 Å². The van der Waals surface area contributed by atoms with Crippen LogP contribution in [0.15, 0.2) is 58.3 Å². The summed E-state index contributed by atoms with van der Waals surface area (Å²) in [4.78, 5) is 17.0. The molecule has 1 aromatic heterocycles. The summed E-state index contributed by atoms with van der Waals surface area (Å²) < 4.78 is 1.49. The van der Waals surface area contributed by atoms with E-state index in [2.05, 4.69) is 10.1 Å². The maximum Gasteiger partial charge on any atom is 0.280 e. The zero-order valence-corrected chi connectivity index (χ0v) is 13.6. The number of nitrogens with zero attached hydrogens (tertiary/aromatic N) is 2. The Labute approximate surface area is 139 Å². The molecule has 1 heterocycles. The topological polar surface area (TPSA) is 50.1 Å². The largest absolute Gasteiger partial charge is 0.295 e. The lowest BCUT2D eigenvalue weighted by atomic mass is 10.2. The van der Waals surface area contributed by atoms with E-state index >= 15 is 0 Å². The SMILES string of the molecule is Cc1cccc(N=Cc2c(C)[nH]n(-c3ccc(Cl)cc3)c2=O)c1. The molecule has 4 nitrogen and oxygen atoms in total. The number of aromatic amines is 1. The summed E-state index contributed by atoms with van der Waals surface area (Å²) in [5.74, 6) is 0. The summed E-state index contributed by atoms with van der Waals surface area (Å²) in [7, 11) is 0. The monoisotopic (exact) mass is 325 g/mol. The van der Waals surface area contributed by atoms with Crippen LogP contribution in [0.4, 0.5) is 5.69 Å². The van der Waals surface area contributed by atoms with E-state index in [1.807, 2.05) is 38.1 Å². The minimum Gasteiger partial charge on any atom is -0.295 e. The van der Waals surface area contributed by atoms with E-state index in [-0.39, 0.29) is 5.56 Å². The third-order valence-corrected chi connectivity index (χ3v) is 3.80. The third kappa shape index (κ3) is 3.27. The van der Waals surface area contributed by atoms with Gasteiger partial charge in [-0.3, -0.25) is 14.9 Å². The average molecular weight is 326 g/mol. The Hall–Kier alpha value is -2.59. The molecule has 2 aromatic carbocycles. The van der Waals surface area contributed by atoms with Gasteiger partial charge < -0.3 is 0 Å². The van der Waals surface area contributed by atoms with Crippen molar-refractivity contribution in [2.75, 3.05) is 0 Å². The van der Waals surface area contributed by atoms with Gasteiger partial charge in [-0.05, 0) is 55.8 Å². The number of aromatic nitrogens is 2. The molecular weight excluding hydrogens is 310 g/mol. The van der Waals surface area contributed by atoms with Gasteiger partial charge in [-0.1, -0.05) is 23.7 Å². The first-order valence-corrected chi connectivity index (χ1v) is 7.61. The van der Waals surface area contributed by atoms with E-state index in [9.17, 15) is 4.79 Å². The lowest BCUT2D eigenvalue weighted by Crippen LogP contribution is -2.17. The van der Waals surface area contributed by atoms with E-state index in [0.29, 0.717) is 10.6 Å². The second-order valence-corrected chi connectivity index (χ2v) is 5.80. The maximum atomic E-state index is 12.6. The molecule has 3 rings (SSSR count). The van der Waals surface area contributed by atoms with Crippen LogP contribution in [-0.2, 0) is 0 Å². The highest BCUT2D eigenvalue weighted by atomic mass is 35.5. The van der Waals surface area contributed by atoms with E-state index in [1.54, 1.807) is 30.5 Å². The van der Waals surface area contributed by atoms with Crippen molar-refractivity contribution in [3.8, 4) is 5.69 Å². The molecule has 0 radical (unpaired) electrons. The van der Waals surface area contributed by atoms with Gasteiger partial charge in [0.25, 0.3) is 5.56 Å². The molecule has 116 valence electrons. The average Bonchev–Trinajstić information content (AvgIpc) is 2.81. The number of hydrogen-bond donors (Lipinski definition) is 1. The number of hydrogen-bond acceptors (Lipinski definition) is 2. The van der Waals surface area contributed by atoms with E-state index in [0.717, 1.165) is 22.6 Å². The Bertz CT molecular complexity index is 920. The Balaban J connectivity index is 1.98. The van der Waals surface area contributed by atoms with E-state index in [4.69, 9.17) is 11.6 Å². The molecule has 0 aliphatic carbocycles. The van der Waals surface area contributed by atoms with Gasteiger partial charge in [0.1, 0.15) is 0 Å². The maximum absolute atomic E-state index is 12.6. The summed E-state index contributed by atoms with van der Waals surface area (Å²) in [6, 6.07) is 14.9. The van der Waals surface area contributed by atoms with Gasteiger partial charge in [0.2, 0.25) is 0 Å². The van der Waals surface area contributed by atoms with Gasteiger partial charge in [0.05, 0.1) is 16.9 Å². The fraction of sp³-hybridized carbons (Fsp3) is 0.111. The Morgan fingerprint density at radius 3 is 2.57 bits per heavy atom. The van der Waals surface area contributed by atoms with Crippen LogP contribution in [0.2, 0.25) is 5.02 Å². The van der Waals surface area contributed by atoms with E-state index < -0.39 is 0 Å². The van der Waals surface area contributed by atoms with Crippen molar-refractivity contribution in [1.82, 2.24) is 9.78 Å². The quantitative estimate of drug-likeness (QED) is 0.721. The number of nitrogens with one attached hydrogen (secondary N) is 1. The minimum absolute atomic E-state index is 0.138. The van der Waals surface area contributed by atoms with Gasteiger partial charge in [0.15, 0.2) is 0 Å². The molecule has 0 spiro atoms. The summed E-state index contributed by atoms with van der Waals surface area (Å²) in [5.41, 5.74) is 3.86. The van der Waals surface area contributed by atoms with Crippen LogP contribution >= 0.6 is 11.6 Å². The van der Waals surface area contributed by atoms with Crippen LogP contribution < -0.4 is 5.56 Å². The molecule has 5 heteroatoms. The van der Waals surface area contributed by atoms with Gasteiger partial charge in [-0.25, -0.2) is 4.68 Å². The van der Waals surface area contributed by atoms with Crippen molar-refractivity contribution in [2.24, 2.45) is 4.99 Å². The molecule has 0 bridgehead atoms. The Morgan fingerprint density at radius 2 is 1.87 bits per heavy atom. The van der Waals surface area contributed by atoms with Crippen molar-refractivity contribution in [3.05, 3.63) is 80.7 Å². The van der Waals surface area contributed by atoms with Gasteiger partial charge in [-0.15, -0.1) is 0 Å². The molecule has 0 fully saturated rings. The standard InChI is InChI=1S/C18H16ClN3O/c1-12-4-3-5-15(10-12)20-11-17-13(2)21-22(18(17)23)16-8-6-14(19)7-9-16/h3-11,21H,1-2H3. The number of aryl methyl sites for hydroxylation is 2. The highest BCUT2D eigenvalue weighted by molar-refractivity contribution is 6.30. The fourth-order valence-corrected chi connectivity index (χ4v) is 2.46. The predicted octanol–water partition coefficient (Wildman–Crippen LogP) is 4.19. The highest BCUT2D eigenvalue weighted by Crippen LogP contribution is 2.14. The lowest BCUT2D eigenvalue weighted by Gasteiger charge is -2.00. The molecule has 0 atom stereocenters. The molecule has 0 aliphatic heterocycles. The Kier molecular flexibility index (Phi) is 4.17. The summed E-state index contributed by atoms with van der Waals surface area (Å²) in [5, 5.41) is 3.70. The molecule has 1 N–H and O–H groups in total. The first-order chi connectivity index (χ1) is 11.0. The van der Waals surface area contributed by atoms with Gasteiger partial charge in [-0.2, -0.15) is 0 Å². The molecule has 3 aromatic rings. The molecule has 23 heavy (non-hydrogen) atoms. The molecule has 0 aliphatic rings. The van der Waals surface area contributed by atoms with Crippen molar-refractivity contribution in [1.29, 1.82) is 0 Å². The molecule has 0 saturated heterocycles. The zero-order valence-electron chi connectivity index (χ0n) is 12.9. The first-order valence-electron chi connectivity index (χ1n) is 7.23. The van der Waals surface area contributed by atoms with Crippen LogP contribution in [0, 0.1) is 13.8 Å². The summed E-state index contributed by atoms with van der Waals surface area (Å²) in [6.07, 6.45) is 1.61. The highest BCUT2D eigenvalue weighted by Gasteiger charge is 2.10. The second-order valence-electron chi connectivity index (χ2n) is 5.36. The normalized spacial score (nSPS) is 11.3. The number of halogens is 1. The lowest BCUT2D eigenvalue weighted by molar-refractivity contribution is 0.835. The van der Waals surface area contributed by atoms with Crippen LogP contribution in [0.3, 0.4) is 0 Å². The van der Waals surface area contributed by atoms with Crippen LogP contribution in [0.1, 0.15) is 16.8 Å². The molecule has 0 saturated carbocycles. The van der Waals surface area contributed by atoms with Crippen molar-refractivity contribution in [2.45, 2.75) is 13.8 Å². The van der Waals surface area contributed by atoms with Gasteiger partial charge >= 0.3 is 0 Å². The molecule has 0 amide bonds. The number of aliphatic imine (C=N–C) groups is 1. The fourth-order valence-electron chi connectivity index (χ4n) is 2.33. The van der Waals surface area contributed by atoms with Crippen LogP contribution in [-0.4, -0.2) is 16.0 Å². The molecular formula is C18H16ClN3O. The summed E-state index contributed by atoms with van der Waals surface area (Å²) in [6.45, 7) is 3.86. The summed E-state index contributed by atoms with van der Waals surface area (Å²) >= 11 is 5.89. The van der Waals surface area contributed by atoms with Crippen molar-refractivity contribution in [3.63, 3.8) is 0 Å². The van der Waals surface area contributed by atoms with Crippen LogP contribution in [0.25, 0.3) is 5.69 Å². The van der Waals surface area contributed by atoms with E-state index in [1.165, 1.54) is 4.68 Å². The predicted molar refractivity (Wildman–Crippen MR) is 94.6 cm³/mol. The zero-order chi connectivity index (χ0) is 16.4. The van der Waals surface area contributed by atoms with Crippen molar-refractivity contribution < 1.29 is 0 Å². The smallest absolute Gasteiger partial charge is 0.280 e. The Morgan fingerprint density at radius 1 is 1.13 bits per heavy atom. The number of rotatable bonds is 3. The number of H-pyrrole nitrogens is 1. The van der Waals surface area contributed by atoms with Crippen LogP contribution in [0.5, 0.6) is 0 Å². The third-order valence-electron chi connectivity index (χ3n) is 3.55. The first kappa shape index (κ1) is 15.3. The molecule has 0 unspecified atom stereocenters. The minimum atomic E-state index is -0.138. The number of benzene rings is 2. The second kappa shape index (κ2) is 6.26.